The maximum atomic E-state index is 12.0. The highest BCUT2D eigenvalue weighted by Gasteiger charge is 2.39. The Balaban J connectivity index is 4.55. The SMILES string of the molecule is CCCCC/C=C/CCCCCCCCCCCCCCC[N+](CC(CC)C(=O)[O-])(CC(CC)C(=O)O)CC(CC)C(=O)O. The number of quaternary nitrogens is 1. The first-order valence-corrected chi connectivity index (χ1v) is 18.3. The molecule has 0 saturated carbocycles. The van der Waals surface area contributed by atoms with Gasteiger partial charge >= 0.3 is 11.9 Å². The van der Waals surface area contributed by atoms with Crippen LogP contribution in [0.5, 0.6) is 0 Å². The first-order chi connectivity index (χ1) is 21.2. The summed E-state index contributed by atoms with van der Waals surface area (Å²) in [5, 5.41) is 31.5. The summed E-state index contributed by atoms with van der Waals surface area (Å²) in [6.07, 6.45) is 28.3. The molecular weight excluding hydrogens is 554 g/mol. The molecule has 7 nitrogen and oxygen atoms in total. The summed E-state index contributed by atoms with van der Waals surface area (Å²) >= 11 is 0. The van der Waals surface area contributed by atoms with Crippen molar-refractivity contribution in [1.82, 2.24) is 0 Å². The van der Waals surface area contributed by atoms with Crippen molar-refractivity contribution >= 4 is 17.9 Å². The second-order valence-electron chi connectivity index (χ2n) is 13.3. The van der Waals surface area contributed by atoms with Crippen LogP contribution in [-0.4, -0.2) is 58.8 Å². The van der Waals surface area contributed by atoms with E-state index in [2.05, 4.69) is 19.1 Å². The van der Waals surface area contributed by atoms with E-state index in [1.54, 1.807) is 6.92 Å². The molecule has 0 aromatic rings. The monoisotopic (exact) mass is 624 g/mol. The standard InChI is InChI=1S/C37H69NO6/c1-5-9-10-11-12-13-14-15-16-17-18-19-20-21-22-23-24-25-26-27-28-38(29-32(6-2)35(39)40,30-33(7-3)36(41)42)31-34(8-4)37(43)44/h12-13,32-34H,5-11,14-31H2,1-4H3,(H2-,39,40,41,42,43,44)/b13-12+. The third-order valence-corrected chi connectivity index (χ3v) is 9.48. The smallest absolute Gasteiger partial charge is 0.312 e. The molecule has 44 heavy (non-hydrogen) atoms. The summed E-state index contributed by atoms with van der Waals surface area (Å²) in [5.41, 5.74) is 0. The molecule has 0 amide bonds. The molecule has 258 valence electrons. The van der Waals surface area contributed by atoms with Crippen molar-refractivity contribution in [2.75, 3.05) is 26.2 Å². The van der Waals surface area contributed by atoms with Crippen molar-refractivity contribution in [2.24, 2.45) is 17.8 Å². The fourth-order valence-electron chi connectivity index (χ4n) is 6.44. The Labute approximate surface area is 270 Å². The molecule has 0 saturated heterocycles. The van der Waals surface area contributed by atoms with Crippen LogP contribution >= 0.6 is 0 Å². The Morgan fingerprint density at radius 3 is 1.23 bits per heavy atom. The van der Waals surface area contributed by atoms with Crippen LogP contribution in [0.4, 0.5) is 0 Å². The summed E-state index contributed by atoms with van der Waals surface area (Å²) in [6.45, 7) is 9.05. The second kappa shape index (κ2) is 27.4. The van der Waals surface area contributed by atoms with Crippen molar-refractivity contribution < 1.29 is 34.2 Å². The van der Waals surface area contributed by atoms with Gasteiger partial charge in [-0.15, -0.1) is 0 Å². The van der Waals surface area contributed by atoms with Gasteiger partial charge in [-0.05, 0) is 57.8 Å². The average Bonchev–Trinajstić information content (AvgIpc) is 2.99. The van der Waals surface area contributed by atoms with Gasteiger partial charge in [0.2, 0.25) is 0 Å². The average molecular weight is 624 g/mol. The number of carboxylic acids is 3. The molecule has 0 spiro atoms. The lowest BCUT2D eigenvalue weighted by Crippen LogP contribution is -2.59. The van der Waals surface area contributed by atoms with Crippen LogP contribution in [0.3, 0.4) is 0 Å². The van der Waals surface area contributed by atoms with Crippen molar-refractivity contribution in [3.8, 4) is 0 Å². The van der Waals surface area contributed by atoms with Crippen molar-refractivity contribution in [3.05, 3.63) is 12.2 Å². The maximum absolute atomic E-state index is 12.0. The lowest BCUT2D eigenvalue weighted by molar-refractivity contribution is -0.935. The molecule has 0 aromatic carbocycles. The zero-order chi connectivity index (χ0) is 33.1. The molecule has 0 rings (SSSR count). The quantitative estimate of drug-likeness (QED) is 0.0442. The normalized spacial score (nSPS) is 15.2. The first-order valence-electron chi connectivity index (χ1n) is 18.3. The number of carbonyl (C=O) groups is 3. The number of carboxylic acid groups (broad SMARTS) is 3. The minimum absolute atomic E-state index is 0.220. The molecule has 0 heterocycles. The molecule has 0 aliphatic rings. The predicted molar refractivity (Wildman–Crippen MR) is 179 cm³/mol. The molecule has 3 unspecified atom stereocenters. The number of allylic oxidation sites excluding steroid dienone is 2. The Morgan fingerprint density at radius 2 is 0.886 bits per heavy atom. The van der Waals surface area contributed by atoms with Crippen LogP contribution in [0.15, 0.2) is 12.2 Å². The van der Waals surface area contributed by atoms with Crippen molar-refractivity contribution in [1.29, 1.82) is 0 Å². The van der Waals surface area contributed by atoms with Gasteiger partial charge in [0.05, 0.1) is 32.1 Å². The van der Waals surface area contributed by atoms with Gasteiger partial charge in [-0.25, -0.2) is 0 Å². The fraction of sp³-hybridized carbons (Fsp3) is 0.865. The van der Waals surface area contributed by atoms with Gasteiger partial charge in [0.25, 0.3) is 0 Å². The molecule has 2 N–H and O–H groups in total. The van der Waals surface area contributed by atoms with Gasteiger partial charge in [-0.1, -0.05) is 117 Å². The maximum Gasteiger partial charge on any atom is 0.312 e. The third-order valence-electron chi connectivity index (χ3n) is 9.48. The van der Waals surface area contributed by atoms with E-state index in [0.717, 1.165) is 19.3 Å². The first kappa shape index (κ1) is 42.1. The zero-order valence-electron chi connectivity index (χ0n) is 29.0. The van der Waals surface area contributed by atoms with E-state index in [1.807, 2.05) is 13.8 Å². The molecule has 0 radical (unpaired) electrons. The van der Waals surface area contributed by atoms with Gasteiger partial charge in [-0.2, -0.15) is 0 Å². The summed E-state index contributed by atoms with van der Waals surface area (Å²) in [4.78, 5) is 35.9. The zero-order valence-corrected chi connectivity index (χ0v) is 29.0. The van der Waals surface area contributed by atoms with Crippen LogP contribution in [-0.2, 0) is 14.4 Å². The Hall–Kier alpha value is -1.89. The third kappa shape index (κ3) is 21.0. The van der Waals surface area contributed by atoms with Crippen molar-refractivity contribution in [2.45, 2.75) is 163 Å². The number of carbonyl (C=O) groups excluding carboxylic acids is 1. The van der Waals surface area contributed by atoms with E-state index in [0.29, 0.717) is 25.8 Å². The lowest BCUT2D eigenvalue weighted by Gasteiger charge is -2.44. The Morgan fingerprint density at radius 1 is 0.545 bits per heavy atom. The number of unbranched alkanes of at least 4 members (excludes halogenated alkanes) is 16. The van der Waals surface area contributed by atoms with E-state index in [4.69, 9.17) is 0 Å². The Kier molecular flexibility index (Phi) is 26.2. The molecule has 0 aliphatic heterocycles. The molecule has 0 aromatic heterocycles. The van der Waals surface area contributed by atoms with E-state index in [-0.39, 0.29) is 24.1 Å². The molecule has 7 heteroatoms. The van der Waals surface area contributed by atoms with Crippen LogP contribution in [0.2, 0.25) is 0 Å². The van der Waals surface area contributed by atoms with Crippen LogP contribution in [0.25, 0.3) is 0 Å². The summed E-state index contributed by atoms with van der Waals surface area (Å²) in [5.74, 6) is -4.94. The predicted octanol–water partition coefficient (Wildman–Crippen LogP) is 8.40. The number of rotatable bonds is 32. The molecule has 0 fully saturated rings. The van der Waals surface area contributed by atoms with Gasteiger partial charge in [0.15, 0.2) is 0 Å². The second-order valence-corrected chi connectivity index (χ2v) is 13.3. The van der Waals surface area contributed by atoms with Crippen LogP contribution in [0.1, 0.15) is 163 Å². The summed E-state index contributed by atoms with van der Waals surface area (Å²) < 4.78 is 0.220. The molecule has 0 aliphatic carbocycles. The summed E-state index contributed by atoms with van der Waals surface area (Å²) in [7, 11) is 0. The number of aliphatic carboxylic acids is 3. The molecule has 3 atom stereocenters. The highest BCUT2D eigenvalue weighted by Crippen LogP contribution is 2.25. The topological polar surface area (TPSA) is 115 Å². The van der Waals surface area contributed by atoms with Gasteiger partial charge < -0.3 is 24.6 Å². The van der Waals surface area contributed by atoms with Gasteiger partial charge in [-0.3, -0.25) is 9.59 Å². The minimum atomic E-state index is -1.14. The molecule has 0 bridgehead atoms. The van der Waals surface area contributed by atoms with Crippen molar-refractivity contribution in [3.63, 3.8) is 0 Å². The van der Waals surface area contributed by atoms with Crippen LogP contribution < -0.4 is 5.11 Å². The van der Waals surface area contributed by atoms with Gasteiger partial charge in [0.1, 0.15) is 11.8 Å². The van der Waals surface area contributed by atoms with E-state index in [1.165, 1.54) is 96.3 Å². The van der Waals surface area contributed by atoms with Gasteiger partial charge in [0, 0.05) is 5.92 Å². The minimum Gasteiger partial charge on any atom is -0.550 e. The van der Waals surface area contributed by atoms with E-state index >= 15 is 0 Å². The Bertz CT molecular complexity index is 707. The van der Waals surface area contributed by atoms with E-state index in [9.17, 15) is 29.7 Å². The number of hydrogen-bond acceptors (Lipinski definition) is 4. The largest absolute Gasteiger partial charge is 0.550 e. The molecular formula is C37H69NO6. The lowest BCUT2D eigenvalue weighted by atomic mass is 9.95. The van der Waals surface area contributed by atoms with E-state index < -0.39 is 35.7 Å². The van der Waals surface area contributed by atoms with Crippen LogP contribution in [0, 0.1) is 17.8 Å². The summed E-state index contributed by atoms with van der Waals surface area (Å²) in [6, 6.07) is 0. The highest BCUT2D eigenvalue weighted by atomic mass is 16.4. The fourth-order valence-corrected chi connectivity index (χ4v) is 6.44. The number of nitrogens with zero attached hydrogens (tertiary/aromatic N) is 1. The number of hydrogen-bond donors (Lipinski definition) is 2. The highest BCUT2D eigenvalue weighted by molar-refractivity contribution is 5.70.